The van der Waals surface area contributed by atoms with E-state index in [1.165, 1.54) is 0 Å². The average Bonchev–Trinajstić information content (AvgIpc) is 2.16. The molecule has 0 saturated carbocycles. The van der Waals surface area contributed by atoms with Gasteiger partial charge in [0.05, 0.1) is 11.2 Å². The molecule has 0 saturated heterocycles. The number of aliphatic hydroxyl groups is 2. The quantitative estimate of drug-likeness (QED) is 0.876. The summed E-state index contributed by atoms with van der Waals surface area (Å²) in [5.41, 5.74) is -0.877. The lowest BCUT2D eigenvalue weighted by Gasteiger charge is -2.31. The first-order valence-corrected chi connectivity index (χ1v) is 6.20. The molecule has 0 atom stereocenters. The summed E-state index contributed by atoms with van der Waals surface area (Å²) in [7, 11) is 0. The van der Waals surface area contributed by atoms with Gasteiger partial charge < -0.3 is 10.2 Å². The molecular weight excluding hydrogens is 280 g/mol. The van der Waals surface area contributed by atoms with Gasteiger partial charge in [0.2, 0.25) is 0 Å². The molecule has 1 rings (SSSR count). The molecule has 96 valence electrons. The summed E-state index contributed by atoms with van der Waals surface area (Å²) < 4.78 is 1.10. The van der Waals surface area contributed by atoms with Crippen LogP contribution in [0.4, 0.5) is 0 Å². The van der Waals surface area contributed by atoms with Gasteiger partial charge in [0.25, 0.3) is 0 Å². The second-order valence-corrected chi connectivity index (χ2v) is 5.70. The predicted molar refractivity (Wildman–Crippen MR) is 76.8 cm³/mol. The number of hydrogen-bond acceptors (Lipinski definition) is 2. The monoisotopic (exact) mass is 300 g/mol. The van der Waals surface area contributed by atoms with Crippen molar-refractivity contribution in [3.05, 3.63) is 40.9 Å². The molecule has 0 aliphatic carbocycles. The Balaban J connectivity index is 0.000000304. The highest BCUT2D eigenvalue weighted by atomic mass is 79.9. The summed E-state index contributed by atoms with van der Waals surface area (Å²) in [4.78, 5) is 0. The van der Waals surface area contributed by atoms with E-state index in [0.717, 1.165) is 10.0 Å². The van der Waals surface area contributed by atoms with Crippen molar-refractivity contribution in [2.75, 3.05) is 0 Å². The minimum Gasteiger partial charge on any atom is -0.387 e. The van der Waals surface area contributed by atoms with Crippen molar-refractivity contribution >= 4 is 22.0 Å². The summed E-state index contributed by atoms with van der Waals surface area (Å²) >= 11 is 3.39. The maximum atomic E-state index is 9.10. The van der Waals surface area contributed by atoms with Crippen LogP contribution in [-0.2, 0) is 0 Å². The Hall–Kier alpha value is -0.640. The Morgan fingerprint density at radius 1 is 1.06 bits per heavy atom. The van der Waals surface area contributed by atoms with Crippen LogP contribution in [0.25, 0.3) is 6.08 Å². The summed E-state index contributed by atoms with van der Waals surface area (Å²) in [5, 5.41) is 18.2. The maximum absolute atomic E-state index is 9.10. The molecule has 0 spiro atoms. The molecular formula is C14H21BrO2. The molecule has 0 unspecified atom stereocenters. The Morgan fingerprint density at radius 3 is 1.71 bits per heavy atom. The molecule has 17 heavy (non-hydrogen) atoms. The average molecular weight is 301 g/mol. The van der Waals surface area contributed by atoms with Crippen LogP contribution in [0.3, 0.4) is 0 Å². The van der Waals surface area contributed by atoms with Crippen molar-refractivity contribution in [2.45, 2.75) is 38.9 Å². The molecule has 0 heterocycles. The van der Waals surface area contributed by atoms with Crippen molar-refractivity contribution in [3.63, 3.8) is 0 Å². The van der Waals surface area contributed by atoms with Crippen molar-refractivity contribution in [1.82, 2.24) is 0 Å². The first-order chi connectivity index (χ1) is 7.59. The zero-order valence-electron chi connectivity index (χ0n) is 10.9. The van der Waals surface area contributed by atoms with Crippen LogP contribution in [0.1, 0.15) is 33.3 Å². The van der Waals surface area contributed by atoms with E-state index in [4.69, 9.17) is 10.2 Å². The van der Waals surface area contributed by atoms with Crippen molar-refractivity contribution < 1.29 is 10.2 Å². The zero-order chi connectivity index (χ0) is 13.7. The first-order valence-electron chi connectivity index (χ1n) is 5.41. The highest BCUT2D eigenvalue weighted by Gasteiger charge is 2.31. The third-order valence-corrected chi connectivity index (χ3v) is 3.34. The SMILES string of the molecule is C=Cc1ccccc1Br.CC(C)(O)C(C)(C)O. The summed E-state index contributed by atoms with van der Waals surface area (Å²) in [6.07, 6.45) is 1.82. The smallest absolute Gasteiger partial charge is 0.0872 e. The Morgan fingerprint density at radius 2 is 1.47 bits per heavy atom. The summed E-state index contributed by atoms with van der Waals surface area (Å²) in [5.74, 6) is 0. The van der Waals surface area contributed by atoms with Gasteiger partial charge in [0, 0.05) is 4.47 Å². The highest BCUT2D eigenvalue weighted by molar-refractivity contribution is 9.10. The third kappa shape index (κ3) is 6.01. The summed E-state index contributed by atoms with van der Waals surface area (Å²) in [6, 6.07) is 7.98. The van der Waals surface area contributed by atoms with Crippen LogP contribution in [0, 0.1) is 0 Å². The van der Waals surface area contributed by atoms with Gasteiger partial charge in [-0.1, -0.05) is 46.8 Å². The van der Waals surface area contributed by atoms with Gasteiger partial charge in [-0.3, -0.25) is 0 Å². The molecule has 0 radical (unpaired) electrons. The lowest BCUT2D eigenvalue weighted by molar-refractivity contribution is -0.107. The van der Waals surface area contributed by atoms with Gasteiger partial charge in [0.15, 0.2) is 0 Å². The number of benzene rings is 1. The molecule has 1 aromatic rings. The van der Waals surface area contributed by atoms with E-state index in [-0.39, 0.29) is 0 Å². The molecule has 0 aromatic heterocycles. The minimum absolute atomic E-state index is 1.01. The zero-order valence-corrected chi connectivity index (χ0v) is 12.5. The molecule has 0 aliphatic heterocycles. The Bertz CT molecular complexity index is 347. The largest absolute Gasteiger partial charge is 0.387 e. The Labute approximate surface area is 112 Å². The molecule has 0 bridgehead atoms. The van der Waals surface area contributed by atoms with Crippen LogP contribution in [-0.4, -0.2) is 21.4 Å². The summed E-state index contributed by atoms with van der Waals surface area (Å²) in [6.45, 7) is 9.97. The van der Waals surface area contributed by atoms with E-state index in [1.807, 2.05) is 30.3 Å². The van der Waals surface area contributed by atoms with Crippen LogP contribution in [0.15, 0.2) is 35.3 Å². The van der Waals surface area contributed by atoms with E-state index < -0.39 is 11.2 Å². The number of rotatable bonds is 2. The lowest BCUT2D eigenvalue weighted by Crippen LogP contribution is -2.44. The van der Waals surface area contributed by atoms with E-state index in [1.54, 1.807) is 27.7 Å². The van der Waals surface area contributed by atoms with Crippen LogP contribution in [0.5, 0.6) is 0 Å². The minimum atomic E-state index is -1.01. The molecule has 1 aromatic carbocycles. The predicted octanol–water partition coefficient (Wildman–Crippen LogP) is 3.62. The van der Waals surface area contributed by atoms with E-state index in [0.29, 0.717) is 0 Å². The van der Waals surface area contributed by atoms with Gasteiger partial charge in [0.1, 0.15) is 0 Å². The standard InChI is InChI=1S/C8H7Br.C6H14O2/c1-2-7-5-3-4-6-8(7)9;1-5(2,7)6(3,4)8/h2-6H,1H2;7-8H,1-4H3. The van der Waals surface area contributed by atoms with Crippen LogP contribution >= 0.6 is 15.9 Å². The van der Waals surface area contributed by atoms with Gasteiger partial charge in [-0.25, -0.2) is 0 Å². The topological polar surface area (TPSA) is 40.5 Å². The van der Waals surface area contributed by atoms with Gasteiger partial charge in [-0.05, 0) is 39.3 Å². The molecule has 2 nitrogen and oxygen atoms in total. The van der Waals surface area contributed by atoms with Gasteiger partial charge in [-0.15, -0.1) is 0 Å². The lowest BCUT2D eigenvalue weighted by atomic mass is 9.90. The fourth-order valence-electron chi connectivity index (χ4n) is 0.641. The molecule has 0 amide bonds. The number of halogens is 1. The second-order valence-electron chi connectivity index (χ2n) is 4.84. The van der Waals surface area contributed by atoms with Crippen molar-refractivity contribution in [3.8, 4) is 0 Å². The third-order valence-electron chi connectivity index (χ3n) is 2.62. The van der Waals surface area contributed by atoms with Gasteiger partial charge >= 0.3 is 0 Å². The first kappa shape index (κ1) is 16.4. The molecule has 0 aliphatic rings. The van der Waals surface area contributed by atoms with Crippen LogP contribution in [0.2, 0.25) is 0 Å². The normalized spacial score (nSPS) is 11.5. The van der Waals surface area contributed by atoms with Gasteiger partial charge in [-0.2, -0.15) is 0 Å². The Kier molecular flexibility index (Phi) is 6.10. The fraction of sp³-hybridized carbons (Fsp3) is 0.429. The highest BCUT2D eigenvalue weighted by Crippen LogP contribution is 2.19. The van der Waals surface area contributed by atoms with Crippen molar-refractivity contribution in [2.24, 2.45) is 0 Å². The number of hydrogen-bond donors (Lipinski definition) is 2. The van der Waals surface area contributed by atoms with E-state index >= 15 is 0 Å². The van der Waals surface area contributed by atoms with Crippen molar-refractivity contribution in [1.29, 1.82) is 0 Å². The molecule has 2 N–H and O–H groups in total. The molecule has 0 fully saturated rings. The van der Waals surface area contributed by atoms with E-state index in [9.17, 15) is 0 Å². The molecule has 3 heteroatoms. The maximum Gasteiger partial charge on any atom is 0.0872 e. The van der Waals surface area contributed by atoms with Crippen LogP contribution < -0.4 is 0 Å². The second kappa shape index (κ2) is 6.34. The fourth-order valence-corrected chi connectivity index (χ4v) is 1.09. The van der Waals surface area contributed by atoms with E-state index in [2.05, 4.69) is 22.5 Å².